The third-order valence-corrected chi connectivity index (χ3v) is 3.53. The highest BCUT2D eigenvalue weighted by Gasteiger charge is 2.06. The summed E-state index contributed by atoms with van der Waals surface area (Å²) in [7, 11) is 0. The second-order valence-corrected chi connectivity index (χ2v) is 5.10. The summed E-state index contributed by atoms with van der Waals surface area (Å²) < 4.78 is 13.3. The topological polar surface area (TPSA) is 51.6 Å². The summed E-state index contributed by atoms with van der Waals surface area (Å²) in [5.41, 5.74) is 2.78. The third kappa shape index (κ3) is 2.69. The molecular weight excluding hydrogens is 289 g/mol. The molecule has 0 bridgehead atoms. The summed E-state index contributed by atoms with van der Waals surface area (Å²) in [4.78, 5) is 3.16. The van der Waals surface area contributed by atoms with E-state index < -0.39 is 5.82 Å². The summed E-state index contributed by atoms with van der Waals surface area (Å²) in [6.07, 6.45) is 1.91. The lowest BCUT2D eigenvalue weighted by molar-refractivity contribution is 0.624. The molecule has 0 amide bonds. The van der Waals surface area contributed by atoms with E-state index >= 15 is 0 Å². The van der Waals surface area contributed by atoms with Gasteiger partial charge in [-0.05, 0) is 35.9 Å². The molecule has 2 N–H and O–H groups in total. The first-order valence-corrected chi connectivity index (χ1v) is 6.74. The van der Waals surface area contributed by atoms with Crippen LogP contribution in [0.3, 0.4) is 0 Å². The first kappa shape index (κ1) is 13.5. The summed E-state index contributed by atoms with van der Waals surface area (Å²) in [6.45, 7) is 0.568. The largest absolute Gasteiger partial charge is 0.381 e. The van der Waals surface area contributed by atoms with E-state index in [-0.39, 0.29) is 5.56 Å². The lowest BCUT2D eigenvalue weighted by Crippen LogP contribution is -1.99. The monoisotopic (exact) mass is 299 g/mol. The van der Waals surface area contributed by atoms with Gasteiger partial charge in [-0.2, -0.15) is 5.26 Å². The Hall–Kier alpha value is -2.51. The van der Waals surface area contributed by atoms with Crippen molar-refractivity contribution in [2.24, 2.45) is 0 Å². The molecule has 2 aromatic carbocycles. The van der Waals surface area contributed by atoms with E-state index in [1.54, 1.807) is 6.07 Å². The molecule has 0 radical (unpaired) electrons. The van der Waals surface area contributed by atoms with E-state index in [0.717, 1.165) is 16.5 Å². The maximum Gasteiger partial charge on any atom is 0.141 e. The first-order valence-electron chi connectivity index (χ1n) is 6.36. The number of benzene rings is 2. The molecule has 5 heteroatoms. The standard InChI is InChI=1S/C16H11ClFN3/c17-12-1-3-14-11(9-21-16(14)6-12)8-20-13-2-4-15(18)10(5-13)7-19/h1-6,9,20-21H,8H2. The number of nitrogens with one attached hydrogen (secondary N) is 2. The molecular formula is C16H11ClFN3. The summed E-state index contributed by atoms with van der Waals surface area (Å²) in [6, 6.07) is 11.9. The van der Waals surface area contributed by atoms with Gasteiger partial charge in [-0.3, -0.25) is 0 Å². The molecule has 0 aliphatic carbocycles. The molecule has 0 aliphatic rings. The lowest BCUT2D eigenvalue weighted by atomic mass is 10.1. The zero-order valence-corrected chi connectivity index (χ0v) is 11.7. The normalized spacial score (nSPS) is 10.5. The molecule has 0 saturated carbocycles. The molecule has 21 heavy (non-hydrogen) atoms. The molecule has 1 aromatic heterocycles. The van der Waals surface area contributed by atoms with Gasteiger partial charge in [-0.25, -0.2) is 4.39 Å². The fourth-order valence-corrected chi connectivity index (χ4v) is 2.40. The van der Waals surface area contributed by atoms with Crippen molar-refractivity contribution in [2.75, 3.05) is 5.32 Å². The number of fused-ring (bicyclic) bond motifs is 1. The van der Waals surface area contributed by atoms with Gasteiger partial charge in [-0.1, -0.05) is 17.7 Å². The van der Waals surface area contributed by atoms with E-state index in [9.17, 15) is 4.39 Å². The number of aromatic nitrogens is 1. The molecule has 0 spiro atoms. The number of aromatic amines is 1. The Morgan fingerprint density at radius 2 is 2.10 bits per heavy atom. The zero-order chi connectivity index (χ0) is 14.8. The predicted molar refractivity (Wildman–Crippen MR) is 81.8 cm³/mol. The minimum atomic E-state index is -0.509. The summed E-state index contributed by atoms with van der Waals surface area (Å²) in [5.74, 6) is -0.509. The maximum atomic E-state index is 13.3. The van der Waals surface area contributed by atoms with E-state index in [0.29, 0.717) is 17.3 Å². The Morgan fingerprint density at radius 3 is 2.90 bits per heavy atom. The van der Waals surface area contributed by atoms with Crippen LogP contribution in [-0.4, -0.2) is 4.98 Å². The third-order valence-electron chi connectivity index (χ3n) is 3.30. The minimum Gasteiger partial charge on any atom is -0.381 e. The Balaban J connectivity index is 1.82. The Labute approximate surface area is 126 Å². The van der Waals surface area contributed by atoms with Gasteiger partial charge in [0.2, 0.25) is 0 Å². The van der Waals surface area contributed by atoms with Gasteiger partial charge in [0, 0.05) is 34.4 Å². The molecule has 104 valence electrons. The van der Waals surface area contributed by atoms with E-state index in [4.69, 9.17) is 16.9 Å². The molecule has 0 fully saturated rings. The van der Waals surface area contributed by atoms with Gasteiger partial charge in [0.1, 0.15) is 11.9 Å². The van der Waals surface area contributed by atoms with Crippen molar-refractivity contribution in [3.63, 3.8) is 0 Å². The molecule has 0 atom stereocenters. The quantitative estimate of drug-likeness (QED) is 0.751. The molecule has 1 heterocycles. The number of hydrogen-bond donors (Lipinski definition) is 2. The molecule has 0 saturated heterocycles. The van der Waals surface area contributed by atoms with Crippen molar-refractivity contribution in [2.45, 2.75) is 6.54 Å². The highest BCUT2D eigenvalue weighted by atomic mass is 35.5. The van der Waals surface area contributed by atoms with Crippen LogP contribution in [0.1, 0.15) is 11.1 Å². The van der Waals surface area contributed by atoms with Crippen molar-refractivity contribution < 1.29 is 4.39 Å². The summed E-state index contributed by atoms with van der Waals surface area (Å²) in [5, 5.41) is 13.8. The van der Waals surface area contributed by atoms with Crippen molar-refractivity contribution in [3.05, 3.63) is 64.6 Å². The first-order chi connectivity index (χ1) is 10.2. The van der Waals surface area contributed by atoms with Gasteiger partial charge in [0.15, 0.2) is 0 Å². The number of nitriles is 1. The smallest absolute Gasteiger partial charge is 0.141 e. The van der Waals surface area contributed by atoms with Gasteiger partial charge in [-0.15, -0.1) is 0 Å². The SMILES string of the molecule is N#Cc1cc(NCc2c[nH]c3cc(Cl)ccc23)ccc1F. The number of halogens is 2. The van der Waals surface area contributed by atoms with Gasteiger partial charge in [0.25, 0.3) is 0 Å². The van der Waals surface area contributed by atoms with Crippen LogP contribution in [0.15, 0.2) is 42.6 Å². The molecule has 3 aromatic rings. The van der Waals surface area contributed by atoms with Crippen molar-refractivity contribution in [1.82, 2.24) is 4.98 Å². The molecule has 0 aliphatic heterocycles. The molecule has 3 nitrogen and oxygen atoms in total. The molecule has 0 unspecified atom stereocenters. The van der Waals surface area contributed by atoms with Crippen LogP contribution in [0.5, 0.6) is 0 Å². The zero-order valence-electron chi connectivity index (χ0n) is 11.0. The van der Waals surface area contributed by atoms with Crippen LogP contribution < -0.4 is 5.32 Å². The van der Waals surface area contributed by atoms with Crippen LogP contribution in [0, 0.1) is 17.1 Å². The van der Waals surface area contributed by atoms with Gasteiger partial charge >= 0.3 is 0 Å². The van der Waals surface area contributed by atoms with Crippen molar-refractivity contribution in [3.8, 4) is 6.07 Å². The average molecular weight is 300 g/mol. The van der Waals surface area contributed by atoms with Gasteiger partial charge < -0.3 is 10.3 Å². The maximum absolute atomic E-state index is 13.3. The van der Waals surface area contributed by atoms with Crippen LogP contribution in [0.25, 0.3) is 10.9 Å². The number of nitrogens with zero attached hydrogens (tertiary/aromatic N) is 1. The Kier molecular flexibility index (Phi) is 3.51. The van der Waals surface area contributed by atoms with Crippen LogP contribution >= 0.6 is 11.6 Å². The van der Waals surface area contributed by atoms with Crippen molar-refractivity contribution >= 4 is 28.2 Å². The minimum absolute atomic E-state index is 0.0331. The fourth-order valence-electron chi connectivity index (χ4n) is 2.22. The number of H-pyrrole nitrogens is 1. The number of anilines is 1. The van der Waals surface area contributed by atoms with Crippen LogP contribution in [0.2, 0.25) is 5.02 Å². The van der Waals surface area contributed by atoms with Crippen molar-refractivity contribution in [1.29, 1.82) is 5.26 Å². The second kappa shape index (κ2) is 5.47. The molecule has 3 rings (SSSR count). The fraction of sp³-hybridized carbons (Fsp3) is 0.0625. The number of hydrogen-bond acceptors (Lipinski definition) is 2. The van der Waals surface area contributed by atoms with Crippen LogP contribution in [0.4, 0.5) is 10.1 Å². The Bertz CT molecular complexity index is 848. The van der Waals surface area contributed by atoms with E-state index in [1.165, 1.54) is 12.1 Å². The average Bonchev–Trinajstić information content (AvgIpc) is 2.88. The summed E-state index contributed by atoms with van der Waals surface area (Å²) >= 11 is 5.95. The second-order valence-electron chi connectivity index (χ2n) is 4.66. The van der Waals surface area contributed by atoms with E-state index in [1.807, 2.05) is 30.5 Å². The van der Waals surface area contributed by atoms with Gasteiger partial charge in [0.05, 0.1) is 5.56 Å². The predicted octanol–water partition coefficient (Wildman–Crippen LogP) is 4.44. The highest BCUT2D eigenvalue weighted by Crippen LogP contribution is 2.23. The van der Waals surface area contributed by atoms with Crippen LogP contribution in [-0.2, 0) is 6.54 Å². The highest BCUT2D eigenvalue weighted by molar-refractivity contribution is 6.31. The number of rotatable bonds is 3. The Morgan fingerprint density at radius 1 is 1.24 bits per heavy atom. The van der Waals surface area contributed by atoms with E-state index in [2.05, 4.69) is 10.3 Å². The lowest BCUT2D eigenvalue weighted by Gasteiger charge is -2.06.